The number of hydrogen-bond donors (Lipinski definition) is 3. The van der Waals surface area contributed by atoms with Gasteiger partial charge in [-0.3, -0.25) is 9.59 Å². The van der Waals surface area contributed by atoms with Crippen LogP contribution in [0.5, 0.6) is 0 Å². The molecule has 1 amide bonds. The third-order valence-electron chi connectivity index (χ3n) is 13.8. The molecule has 0 radical (unpaired) electrons. The van der Waals surface area contributed by atoms with Crippen molar-refractivity contribution in [3.8, 4) is 0 Å². The Morgan fingerprint density at radius 2 is 0.738 bits per heavy atom. The van der Waals surface area contributed by atoms with Crippen LogP contribution < -0.4 is 5.32 Å². The highest BCUT2D eigenvalue weighted by atomic mass is 16.5. The number of unbranched alkanes of at least 4 members (excludes halogenated alkanes) is 40. The van der Waals surface area contributed by atoms with E-state index in [2.05, 4.69) is 38.2 Å². The number of aliphatic hydroxyl groups excluding tert-OH is 2. The smallest absolute Gasteiger partial charge is 0.306 e. The second kappa shape index (κ2) is 53.6. The van der Waals surface area contributed by atoms with Gasteiger partial charge < -0.3 is 20.3 Å². The largest absolute Gasteiger partial charge is 0.462 e. The van der Waals surface area contributed by atoms with Crippen LogP contribution in [0.2, 0.25) is 0 Å². The Labute approximate surface area is 406 Å². The maximum Gasteiger partial charge on any atom is 0.306 e. The Kier molecular flexibility index (Phi) is 52.4. The van der Waals surface area contributed by atoms with Gasteiger partial charge in [-0.05, 0) is 51.4 Å². The van der Waals surface area contributed by atoms with Crippen molar-refractivity contribution in [2.45, 2.75) is 347 Å². The number of allylic oxidation sites excluding steroid dienone is 2. The zero-order chi connectivity index (χ0) is 47.4. The number of carbonyl (C=O) groups excluding carboxylic acids is 2. The van der Waals surface area contributed by atoms with Crippen LogP contribution >= 0.6 is 0 Å². The van der Waals surface area contributed by atoms with Crippen LogP contribution in [0.25, 0.3) is 0 Å². The summed E-state index contributed by atoms with van der Waals surface area (Å²) >= 11 is 0. The highest BCUT2D eigenvalue weighted by Crippen LogP contribution is 2.19. The highest BCUT2D eigenvalue weighted by Gasteiger charge is 2.24. The SMILES string of the molecule is CCCCCCCC/C=C/CCCCCCCCCCCC(=O)OC(CCCCCCCCCCCCCCCCC)CC(=O)NC(CO)C(O)CCCCCCCCCCCCCC. The Hall–Kier alpha value is -1.40. The first-order valence-corrected chi connectivity index (χ1v) is 29.4. The number of hydrogen-bond acceptors (Lipinski definition) is 5. The van der Waals surface area contributed by atoms with Gasteiger partial charge in [-0.1, -0.05) is 277 Å². The molecule has 0 aliphatic carbocycles. The Bertz CT molecular complexity index is 986. The molecule has 0 aliphatic heterocycles. The van der Waals surface area contributed by atoms with Crippen molar-refractivity contribution in [2.24, 2.45) is 0 Å². The third-order valence-corrected chi connectivity index (χ3v) is 13.8. The van der Waals surface area contributed by atoms with E-state index in [9.17, 15) is 19.8 Å². The van der Waals surface area contributed by atoms with Gasteiger partial charge >= 0.3 is 5.97 Å². The van der Waals surface area contributed by atoms with E-state index >= 15 is 0 Å². The Morgan fingerprint density at radius 1 is 0.431 bits per heavy atom. The molecule has 0 spiro atoms. The molecule has 0 bridgehead atoms. The van der Waals surface area contributed by atoms with Crippen molar-refractivity contribution in [3.05, 3.63) is 12.2 Å². The first-order valence-electron chi connectivity index (χ1n) is 29.4. The molecule has 65 heavy (non-hydrogen) atoms. The number of amides is 1. The van der Waals surface area contributed by atoms with Crippen molar-refractivity contribution >= 4 is 11.9 Å². The average molecular weight is 919 g/mol. The van der Waals surface area contributed by atoms with Gasteiger partial charge in [0.15, 0.2) is 0 Å². The predicted octanol–water partition coefficient (Wildman–Crippen LogP) is 18.1. The van der Waals surface area contributed by atoms with Crippen molar-refractivity contribution < 1.29 is 24.5 Å². The fraction of sp³-hybridized carbons (Fsp3) is 0.932. The minimum absolute atomic E-state index is 0.0850. The molecule has 0 aromatic heterocycles. The lowest BCUT2D eigenvalue weighted by Gasteiger charge is -2.24. The van der Waals surface area contributed by atoms with Crippen molar-refractivity contribution in [1.82, 2.24) is 5.32 Å². The van der Waals surface area contributed by atoms with E-state index in [1.54, 1.807) is 0 Å². The molecule has 0 aromatic rings. The van der Waals surface area contributed by atoms with Crippen LogP contribution in [0.1, 0.15) is 329 Å². The number of esters is 1. The second-order valence-electron chi connectivity index (χ2n) is 20.4. The number of rotatable bonds is 54. The van der Waals surface area contributed by atoms with Crippen LogP contribution in [0.15, 0.2) is 12.2 Å². The van der Waals surface area contributed by atoms with E-state index in [0.717, 1.165) is 44.9 Å². The number of aliphatic hydroxyl groups is 2. The van der Waals surface area contributed by atoms with Crippen LogP contribution in [-0.4, -0.2) is 46.9 Å². The molecular weight excluding hydrogens is 803 g/mol. The number of nitrogens with one attached hydrogen (secondary N) is 1. The van der Waals surface area contributed by atoms with Gasteiger partial charge in [-0.25, -0.2) is 0 Å². The zero-order valence-electron chi connectivity index (χ0n) is 44.2. The van der Waals surface area contributed by atoms with Gasteiger partial charge in [0.25, 0.3) is 0 Å². The summed E-state index contributed by atoms with van der Waals surface area (Å²) in [5.41, 5.74) is 0. The van der Waals surface area contributed by atoms with Gasteiger partial charge in [0.05, 0.1) is 25.2 Å². The molecule has 6 nitrogen and oxygen atoms in total. The molecule has 0 fully saturated rings. The molecule has 0 saturated heterocycles. The molecule has 6 heteroatoms. The van der Waals surface area contributed by atoms with E-state index in [-0.39, 0.29) is 24.9 Å². The summed E-state index contributed by atoms with van der Waals surface area (Å²) in [5, 5.41) is 23.9. The standard InChI is InChI=1S/C59H115NO5/c1-4-7-10-13-16-19-22-25-27-28-29-30-32-34-37-40-43-46-49-52-59(64)65-55(50-47-44-41-38-35-33-31-26-23-20-17-14-11-8-5-2)53-58(63)60-56(54-61)57(62)51-48-45-42-39-36-24-21-18-15-12-9-6-3/h25,27,55-57,61-62H,4-24,26,28-54H2,1-3H3,(H,60,63)/b27-25+. The van der Waals surface area contributed by atoms with Crippen LogP contribution in [0.3, 0.4) is 0 Å². The second-order valence-corrected chi connectivity index (χ2v) is 20.4. The monoisotopic (exact) mass is 918 g/mol. The zero-order valence-corrected chi connectivity index (χ0v) is 44.2. The van der Waals surface area contributed by atoms with Gasteiger partial charge in [-0.15, -0.1) is 0 Å². The summed E-state index contributed by atoms with van der Waals surface area (Å²) in [4.78, 5) is 26.3. The summed E-state index contributed by atoms with van der Waals surface area (Å²) in [6.07, 6.45) is 61.4. The molecule has 386 valence electrons. The van der Waals surface area contributed by atoms with Crippen LogP contribution in [0.4, 0.5) is 0 Å². The summed E-state index contributed by atoms with van der Waals surface area (Å²) in [6, 6.07) is -0.695. The molecule has 3 unspecified atom stereocenters. The lowest BCUT2D eigenvalue weighted by molar-refractivity contribution is -0.151. The maximum absolute atomic E-state index is 13.3. The van der Waals surface area contributed by atoms with Crippen molar-refractivity contribution in [1.29, 1.82) is 0 Å². The van der Waals surface area contributed by atoms with Gasteiger partial charge in [0.2, 0.25) is 5.91 Å². The van der Waals surface area contributed by atoms with Crippen LogP contribution in [-0.2, 0) is 14.3 Å². The molecule has 3 atom stereocenters. The minimum atomic E-state index is -0.782. The maximum atomic E-state index is 13.3. The van der Waals surface area contributed by atoms with E-state index in [0.29, 0.717) is 19.3 Å². The van der Waals surface area contributed by atoms with Crippen molar-refractivity contribution in [2.75, 3.05) is 6.61 Å². The summed E-state index contributed by atoms with van der Waals surface area (Å²) in [5.74, 6) is -0.452. The van der Waals surface area contributed by atoms with Crippen molar-refractivity contribution in [3.63, 3.8) is 0 Å². The van der Waals surface area contributed by atoms with E-state index < -0.39 is 18.2 Å². The predicted molar refractivity (Wildman–Crippen MR) is 283 cm³/mol. The summed E-state index contributed by atoms with van der Waals surface area (Å²) in [7, 11) is 0. The first kappa shape index (κ1) is 63.6. The lowest BCUT2D eigenvalue weighted by atomic mass is 10.0. The van der Waals surface area contributed by atoms with Gasteiger partial charge in [0, 0.05) is 6.42 Å². The first-order chi connectivity index (χ1) is 32.0. The molecule has 3 N–H and O–H groups in total. The Balaban J connectivity index is 4.48. The lowest BCUT2D eigenvalue weighted by Crippen LogP contribution is -2.46. The fourth-order valence-corrected chi connectivity index (χ4v) is 9.37. The highest BCUT2D eigenvalue weighted by molar-refractivity contribution is 5.77. The normalized spacial score (nSPS) is 13.1. The molecular formula is C59H115NO5. The van der Waals surface area contributed by atoms with E-state index in [1.165, 1.54) is 238 Å². The minimum Gasteiger partial charge on any atom is -0.462 e. The van der Waals surface area contributed by atoms with E-state index in [4.69, 9.17) is 4.74 Å². The quantitative estimate of drug-likeness (QED) is 0.0321. The Morgan fingerprint density at radius 3 is 1.09 bits per heavy atom. The van der Waals surface area contributed by atoms with Gasteiger partial charge in [0.1, 0.15) is 6.10 Å². The molecule has 0 aromatic carbocycles. The number of carbonyl (C=O) groups is 2. The number of ether oxygens (including phenoxy) is 1. The fourth-order valence-electron chi connectivity index (χ4n) is 9.37. The topological polar surface area (TPSA) is 95.9 Å². The summed E-state index contributed by atoms with van der Waals surface area (Å²) < 4.78 is 5.97. The van der Waals surface area contributed by atoms with Gasteiger partial charge in [-0.2, -0.15) is 0 Å². The molecule has 0 aliphatic rings. The summed E-state index contributed by atoms with van der Waals surface area (Å²) in [6.45, 7) is 6.52. The molecule has 0 saturated carbocycles. The third kappa shape index (κ3) is 48.9. The molecule has 0 heterocycles. The van der Waals surface area contributed by atoms with Crippen LogP contribution in [0, 0.1) is 0 Å². The van der Waals surface area contributed by atoms with E-state index in [1.807, 2.05) is 0 Å². The molecule has 0 rings (SSSR count). The average Bonchev–Trinajstić information content (AvgIpc) is 3.30.